The van der Waals surface area contributed by atoms with E-state index in [2.05, 4.69) is 21.5 Å². The maximum absolute atomic E-state index is 12.3. The molecule has 0 aliphatic heterocycles. The van der Waals surface area contributed by atoms with E-state index in [0.29, 0.717) is 10.8 Å². The summed E-state index contributed by atoms with van der Waals surface area (Å²) in [5.74, 6) is -0.224. The molecule has 1 amide bonds. The molecule has 0 saturated carbocycles. The Hall–Kier alpha value is -2.21. The van der Waals surface area contributed by atoms with E-state index in [0.717, 1.165) is 15.9 Å². The summed E-state index contributed by atoms with van der Waals surface area (Å²) < 4.78 is 2.91. The molecule has 1 aromatic carbocycles. The van der Waals surface area contributed by atoms with Gasteiger partial charge in [0.25, 0.3) is 5.91 Å². The van der Waals surface area contributed by atoms with Gasteiger partial charge < -0.3 is 0 Å². The van der Waals surface area contributed by atoms with Crippen LogP contribution in [0.1, 0.15) is 41.6 Å². The minimum absolute atomic E-state index is 0.224. The van der Waals surface area contributed by atoms with Gasteiger partial charge in [-0.1, -0.05) is 17.4 Å². The molecule has 0 unspecified atom stereocenters. The summed E-state index contributed by atoms with van der Waals surface area (Å²) in [5.41, 5.74) is 3.47. The Bertz CT molecular complexity index is 847. The quantitative estimate of drug-likeness (QED) is 0.796. The molecule has 1 N–H and O–H groups in total. The summed E-state index contributed by atoms with van der Waals surface area (Å²) in [6.07, 6.45) is 0. The van der Waals surface area contributed by atoms with Gasteiger partial charge >= 0.3 is 0 Å². The van der Waals surface area contributed by atoms with Crippen LogP contribution in [0.15, 0.2) is 24.3 Å². The van der Waals surface area contributed by atoms with Gasteiger partial charge in [-0.05, 0) is 51.5 Å². The molecule has 22 heavy (non-hydrogen) atoms. The summed E-state index contributed by atoms with van der Waals surface area (Å²) >= 11 is 1.47. The van der Waals surface area contributed by atoms with E-state index in [1.807, 2.05) is 44.5 Å². The van der Waals surface area contributed by atoms with E-state index < -0.39 is 0 Å². The van der Waals surface area contributed by atoms with E-state index in [1.165, 1.54) is 16.9 Å². The maximum atomic E-state index is 12.3. The van der Waals surface area contributed by atoms with Crippen LogP contribution in [0.2, 0.25) is 0 Å². The second-order valence-corrected chi connectivity index (χ2v) is 6.68. The van der Waals surface area contributed by atoms with Gasteiger partial charge in [0.15, 0.2) is 10.8 Å². The van der Waals surface area contributed by atoms with Crippen LogP contribution in [0, 0.1) is 13.8 Å². The fraction of sp³-hybridized carbons (Fsp3) is 0.312. The summed E-state index contributed by atoms with van der Waals surface area (Å²) in [6.45, 7) is 8.07. The summed E-state index contributed by atoms with van der Waals surface area (Å²) in [5, 5.41) is 7.79. The van der Waals surface area contributed by atoms with Gasteiger partial charge in [0.2, 0.25) is 0 Å². The van der Waals surface area contributed by atoms with E-state index in [9.17, 15) is 4.79 Å². The van der Waals surface area contributed by atoms with E-state index in [-0.39, 0.29) is 11.9 Å². The smallest absolute Gasteiger partial charge is 0.277 e. The first-order chi connectivity index (χ1) is 10.4. The SMILES string of the molecule is Cc1ccc2nc(NC(=O)c3cc(C)n(C(C)C)n3)sc2c1. The molecule has 5 nitrogen and oxygen atoms in total. The molecule has 6 heteroatoms. The number of aromatic nitrogens is 3. The number of aryl methyl sites for hydroxylation is 2. The molecule has 0 aliphatic carbocycles. The largest absolute Gasteiger partial charge is 0.296 e. The number of hydrogen-bond acceptors (Lipinski definition) is 4. The van der Waals surface area contributed by atoms with Gasteiger partial charge in [0, 0.05) is 11.7 Å². The summed E-state index contributed by atoms with van der Waals surface area (Å²) in [7, 11) is 0. The molecule has 114 valence electrons. The first kappa shape index (κ1) is 14.7. The molecule has 3 aromatic rings. The Kier molecular flexibility index (Phi) is 3.70. The van der Waals surface area contributed by atoms with Crippen LogP contribution in [0.4, 0.5) is 5.13 Å². The first-order valence-corrected chi connectivity index (χ1v) is 8.00. The zero-order valence-corrected chi connectivity index (χ0v) is 13.9. The highest BCUT2D eigenvalue weighted by molar-refractivity contribution is 7.22. The minimum atomic E-state index is -0.224. The Morgan fingerprint density at radius 3 is 2.73 bits per heavy atom. The number of nitrogens with one attached hydrogen (secondary N) is 1. The fourth-order valence-corrected chi connectivity index (χ4v) is 3.33. The topological polar surface area (TPSA) is 59.8 Å². The molecular formula is C16H18N4OS. The highest BCUT2D eigenvalue weighted by Crippen LogP contribution is 2.27. The highest BCUT2D eigenvalue weighted by atomic mass is 32.1. The van der Waals surface area contributed by atoms with Crippen LogP contribution in [-0.4, -0.2) is 20.7 Å². The molecule has 2 heterocycles. The van der Waals surface area contributed by atoms with Crippen LogP contribution >= 0.6 is 11.3 Å². The molecule has 0 spiro atoms. The van der Waals surface area contributed by atoms with Gasteiger partial charge in [-0.3, -0.25) is 14.8 Å². The minimum Gasteiger partial charge on any atom is -0.296 e. The third-order valence-electron chi connectivity index (χ3n) is 3.41. The van der Waals surface area contributed by atoms with Crippen molar-refractivity contribution in [2.75, 3.05) is 5.32 Å². The average molecular weight is 314 g/mol. The predicted octanol–water partition coefficient (Wildman–Crippen LogP) is 3.94. The molecule has 0 radical (unpaired) electrons. The number of carbonyl (C=O) groups is 1. The number of amides is 1. The first-order valence-electron chi connectivity index (χ1n) is 7.19. The fourth-order valence-electron chi connectivity index (χ4n) is 2.37. The second-order valence-electron chi connectivity index (χ2n) is 5.65. The third-order valence-corrected chi connectivity index (χ3v) is 4.34. The number of nitrogens with zero attached hydrogens (tertiary/aromatic N) is 3. The monoisotopic (exact) mass is 314 g/mol. The molecule has 0 atom stereocenters. The van der Waals surface area contributed by atoms with Gasteiger partial charge in [-0.25, -0.2) is 4.98 Å². The van der Waals surface area contributed by atoms with Gasteiger partial charge in [-0.15, -0.1) is 0 Å². The van der Waals surface area contributed by atoms with Crippen molar-refractivity contribution in [1.29, 1.82) is 0 Å². The van der Waals surface area contributed by atoms with Crippen molar-refractivity contribution in [1.82, 2.24) is 14.8 Å². The number of carbonyl (C=O) groups excluding carboxylic acids is 1. The Balaban J connectivity index is 1.84. The number of fused-ring (bicyclic) bond motifs is 1. The third kappa shape index (κ3) is 2.74. The lowest BCUT2D eigenvalue weighted by molar-refractivity contribution is 0.102. The van der Waals surface area contributed by atoms with Crippen LogP contribution in [0.5, 0.6) is 0 Å². The van der Waals surface area contributed by atoms with Gasteiger partial charge in [0.1, 0.15) is 0 Å². The van der Waals surface area contributed by atoms with Crippen LogP contribution < -0.4 is 5.32 Å². The maximum Gasteiger partial charge on any atom is 0.277 e. The van der Waals surface area contributed by atoms with Crippen LogP contribution in [0.25, 0.3) is 10.2 Å². The van der Waals surface area contributed by atoms with E-state index >= 15 is 0 Å². The highest BCUT2D eigenvalue weighted by Gasteiger charge is 2.15. The van der Waals surface area contributed by atoms with Crippen molar-refractivity contribution in [2.45, 2.75) is 33.7 Å². The molecular weight excluding hydrogens is 296 g/mol. The standard InChI is InChI=1S/C16H18N4OS/c1-9(2)20-11(4)8-13(19-20)15(21)18-16-17-12-6-5-10(3)7-14(12)22-16/h5-9H,1-4H3,(H,17,18,21). The Morgan fingerprint density at radius 2 is 2.05 bits per heavy atom. The zero-order chi connectivity index (χ0) is 15.9. The van der Waals surface area contributed by atoms with Crippen molar-refractivity contribution in [3.63, 3.8) is 0 Å². The van der Waals surface area contributed by atoms with Crippen molar-refractivity contribution in [3.05, 3.63) is 41.2 Å². The molecule has 2 aromatic heterocycles. The summed E-state index contributed by atoms with van der Waals surface area (Å²) in [6, 6.07) is 8.08. The van der Waals surface area contributed by atoms with Gasteiger partial charge in [-0.2, -0.15) is 5.10 Å². The molecule has 0 bridgehead atoms. The lowest BCUT2D eigenvalue weighted by atomic mass is 10.2. The Labute approximate surface area is 133 Å². The van der Waals surface area contributed by atoms with Crippen molar-refractivity contribution in [2.24, 2.45) is 0 Å². The summed E-state index contributed by atoms with van der Waals surface area (Å²) in [4.78, 5) is 16.8. The van der Waals surface area contributed by atoms with E-state index in [4.69, 9.17) is 0 Å². The number of rotatable bonds is 3. The van der Waals surface area contributed by atoms with Crippen LogP contribution in [-0.2, 0) is 0 Å². The normalized spacial score (nSPS) is 11.3. The average Bonchev–Trinajstić information content (AvgIpc) is 3.01. The number of thiazole rings is 1. The number of anilines is 1. The molecule has 0 fully saturated rings. The Morgan fingerprint density at radius 1 is 1.27 bits per heavy atom. The molecule has 3 rings (SSSR count). The molecule has 0 saturated heterocycles. The van der Waals surface area contributed by atoms with Crippen LogP contribution in [0.3, 0.4) is 0 Å². The number of hydrogen-bond donors (Lipinski definition) is 1. The number of benzene rings is 1. The van der Waals surface area contributed by atoms with Crippen molar-refractivity contribution >= 4 is 32.6 Å². The lowest BCUT2D eigenvalue weighted by Gasteiger charge is -2.06. The second kappa shape index (κ2) is 5.53. The lowest BCUT2D eigenvalue weighted by Crippen LogP contribution is -2.13. The van der Waals surface area contributed by atoms with Gasteiger partial charge in [0.05, 0.1) is 10.2 Å². The van der Waals surface area contributed by atoms with Crippen molar-refractivity contribution < 1.29 is 4.79 Å². The van der Waals surface area contributed by atoms with Crippen molar-refractivity contribution in [3.8, 4) is 0 Å². The zero-order valence-electron chi connectivity index (χ0n) is 13.0. The van der Waals surface area contributed by atoms with E-state index in [1.54, 1.807) is 6.07 Å². The predicted molar refractivity (Wildman–Crippen MR) is 89.7 cm³/mol. The molecule has 0 aliphatic rings.